The number of nitrogens with zero attached hydrogens (tertiary/aromatic N) is 2. The molecule has 1 aliphatic heterocycles. The summed E-state index contributed by atoms with van der Waals surface area (Å²) < 4.78 is 5.30. The molecule has 1 aliphatic rings. The first-order valence-corrected chi connectivity index (χ1v) is 6.18. The lowest BCUT2D eigenvalue weighted by Gasteiger charge is -2.23. The van der Waals surface area contributed by atoms with E-state index >= 15 is 0 Å². The van der Waals surface area contributed by atoms with Gasteiger partial charge >= 0.3 is 0 Å². The van der Waals surface area contributed by atoms with Crippen LogP contribution < -0.4 is 10.6 Å². The number of carbonyl (C=O) groups is 1. The average molecular weight is 253 g/mol. The number of aromatic nitrogens is 3. The lowest BCUT2D eigenvalue weighted by atomic mass is 10.2. The average Bonchev–Trinajstić information content (AvgIpc) is 2.87. The Kier molecular flexibility index (Phi) is 4.27. The molecule has 1 aromatic rings. The zero-order valence-corrected chi connectivity index (χ0v) is 10.7. The summed E-state index contributed by atoms with van der Waals surface area (Å²) in [6, 6.07) is 0.159. The molecule has 0 saturated carbocycles. The van der Waals surface area contributed by atoms with Crippen LogP contribution in [-0.2, 0) is 4.74 Å². The van der Waals surface area contributed by atoms with Crippen LogP contribution in [-0.4, -0.2) is 53.4 Å². The lowest BCUT2D eigenvalue weighted by molar-refractivity contribution is 0.0732. The largest absolute Gasteiger partial charge is 0.378 e. The molecular weight excluding hydrogens is 234 g/mol. The highest BCUT2D eigenvalue weighted by Gasteiger charge is 2.17. The molecule has 0 aromatic carbocycles. The van der Waals surface area contributed by atoms with Crippen molar-refractivity contribution in [2.24, 2.45) is 0 Å². The van der Waals surface area contributed by atoms with Gasteiger partial charge in [-0.15, -0.1) is 5.10 Å². The van der Waals surface area contributed by atoms with Crippen LogP contribution in [0, 0.1) is 0 Å². The van der Waals surface area contributed by atoms with E-state index in [1.165, 1.54) is 0 Å². The van der Waals surface area contributed by atoms with Crippen LogP contribution in [0.1, 0.15) is 36.2 Å². The van der Waals surface area contributed by atoms with E-state index in [1.807, 2.05) is 13.8 Å². The molecule has 1 amide bonds. The first-order valence-electron chi connectivity index (χ1n) is 6.18. The molecule has 7 nitrogen and oxygen atoms in total. The van der Waals surface area contributed by atoms with Crippen molar-refractivity contribution in [2.45, 2.75) is 25.8 Å². The monoisotopic (exact) mass is 253 g/mol. The molecule has 100 valence electrons. The van der Waals surface area contributed by atoms with E-state index in [1.54, 1.807) is 0 Å². The SMILES string of the molecule is CC(C)c1nc(C(=O)NCC2COCCN2)n[nH]1. The fraction of sp³-hybridized carbons (Fsp3) is 0.727. The Hall–Kier alpha value is -1.47. The molecule has 0 radical (unpaired) electrons. The number of carbonyl (C=O) groups excluding carboxylic acids is 1. The maximum Gasteiger partial charge on any atom is 0.291 e. The van der Waals surface area contributed by atoms with Crippen molar-refractivity contribution in [3.8, 4) is 0 Å². The summed E-state index contributed by atoms with van der Waals surface area (Å²) in [7, 11) is 0. The van der Waals surface area contributed by atoms with Crippen LogP contribution >= 0.6 is 0 Å². The second-order valence-electron chi connectivity index (χ2n) is 4.63. The van der Waals surface area contributed by atoms with Gasteiger partial charge in [-0.25, -0.2) is 4.98 Å². The van der Waals surface area contributed by atoms with Crippen LogP contribution in [0.5, 0.6) is 0 Å². The van der Waals surface area contributed by atoms with E-state index in [0.29, 0.717) is 13.2 Å². The van der Waals surface area contributed by atoms with E-state index in [4.69, 9.17) is 4.74 Å². The van der Waals surface area contributed by atoms with Crippen LogP contribution in [0.3, 0.4) is 0 Å². The van der Waals surface area contributed by atoms with Crippen molar-refractivity contribution in [1.29, 1.82) is 0 Å². The van der Waals surface area contributed by atoms with Gasteiger partial charge in [-0.3, -0.25) is 9.89 Å². The quantitative estimate of drug-likeness (QED) is 0.682. The lowest BCUT2D eigenvalue weighted by Crippen LogP contribution is -2.48. The molecule has 7 heteroatoms. The summed E-state index contributed by atoms with van der Waals surface area (Å²) in [5, 5.41) is 12.7. The molecule has 0 bridgehead atoms. The highest BCUT2D eigenvalue weighted by molar-refractivity contribution is 5.90. The molecule has 3 N–H and O–H groups in total. The minimum Gasteiger partial charge on any atom is -0.378 e. The number of H-pyrrole nitrogens is 1. The van der Waals surface area contributed by atoms with Gasteiger partial charge in [0.05, 0.1) is 13.2 Å². The van der Waals surface area contributed by atoms with Gasteiger partial charge in [-0.1, -0.05) is 13.8 Å². The smallest absolute Gasteiger partial charge is 0.291 e. The summed E-state index contributed by atoms with van der Waals surface area (Å²) in [6.07, 6.45) is 0. The number of hydrogen-bond donors (Lipinski definition) is 3. The Bertz CT molecular complexity index is 398. The Morgan fingerprint density at radius 1 is 1.61 bits per heavy atom. The van der Waals surface area contributed by atoms with Gasteiger partial charge < -0.3 is 15.4 Å². The topological polar surface area (TPSA) is 91.9 Å². The molecular formula is C11H19N5O2. The number of nitrogens with one attached hydrogen (secondary N) is 3. The molecule has 1 aromatic heterocycles. The van der Waals surface area contributed by atoms with Gasteiger partial charge in [0, 0.05) is 25.0 Å². The van der Waals surface area contributed by atoms with E-state index in [0.717, 1.165) is 19.0 Å². The van der Waals surface area contributed by atoms with Crippen molar-refractivity contribution in [1.82, 2.24) is 25.8 Å². The molecule has 0 spiro atoms. The fourth-order valence-corrected chi connectivity index (χ4v) is 1.68. The summed E-state index contributed by atoms with van der Waals surface area (Å²) in [6.45, 7) is 6.66. The first kappa shape index (κ1) is 13.0. The maximum absolute atomic E-state index is 11.8. The molecule has 0 aliphatic carbocycles. The van der Waals surface area contributed by atoms with Gasteiger partial charge in [0.2, 0.25) is 5.82 Å². The first-order chi connectivity index (χ1) is 8.66. The predicted molar refractivity (Wildman–Crippen MR) is 65.4 cm³/mol. The highest BCUT2D eigenvalue weighted by Crippen LogP contribution is 2.07. The number of rotatable bonds is 4. The number of amides is 1. The number of morpholine rings is 1. The minimum atomic E-state index is -0.259. The van der Waals surface area contributed by atoms with Gasteiger partial charge in [-0.2, -0.15) is 0 Å². The molecule has 18 heavy (non-hydrogen) atoms. The predicted octanol–water partition coefficient (Wildman–Crippen LogP) is -0.354. The highest BCUT2D eigenvalue weighted by atomic mass is 16.5. The van der Waals surface area contributed by atoms with Crippen molar-refractivity contribution >= 4 is 5.91 Å². The Morgan fingerprint density at radius 3 is 3.06 bits per heavy atom. The standard InChI is InChI=1S/C11H19N5O2/c1-7(2)9-14-10(16-15-9)11(17)13-5-8-6-18-4-3-12-8/h7-8,12H,3-6H2,1-2H3,(H,13,17)(H,14,15,16). The van der Waals surface area contributed by atoms with E-state index < -0.39 is 0 Å². The van der Waals surface area contributed by atoms with Gasteiger partial charge in [0.15, 0.2) is 0 Å². The van der Waals surface area contributed by atoms with Gasteiger partial charge in [0.1, 0.15) is 5.82 Å². The van der Waals surface area contributed by atoms with E-state index in [-0.39, 0.29) is 23.7 Å². The van der Waals surface area contributed by atoms with Crippen molar-refractivity contribution in [3.63, 3.8) is 0 Å². The third kappa shape index (κ3) is 3.27. The van der Waals surface area contributed by atoms with Crippen LogP contribution in [0.2, 0.25) is 0 Å². The molecule has 2 rings (SSSR count). The van der Waals surface area contributed by atoms with Crippen LogP contribution in [0.4, 0.5) is 0 Å². The molecule has 1 atom stereocenters. The molecule has 1 unspecified atom stereocenters. The fourth-order valence-electron chi connectivity index (χ4n) is 1.68. The zero-order valence-electron chi connectivity index (χ0n) is 10.7. The van der Waals surface area contributed by atoms with Crippen LogP contribution in [0.15, 0.2) is 0 Å². The van der Waals surface area contributed by atoms with Crippen molar-refractivity contribution in [2.75, 3.05) is 26.3 Å². The number of ether oxygens (including phenoxy) is 1. The van der Waals surface area contributed by atoms with Gasteiger partial charge in [-0.05, 0) is 0 Å². The third-order valence-electron chi connectivity index (χ3n) is 2.76. The molecule has 1 saturated heterocycles. The third-order valence-corrected chi connectivity index (χ3v) is 2.76. The normalized spacial score (nSPS) is 20.1. The number of hydrogen-bond acceptors (Lipinski definition) is 5. The van der Waals surface area contributed by atoms with Crippen LogP contribution in [0.25, 0.3) is 0 Å². The Labute approximate surface area is 106 Å². The Morgan fingerprint density at radius 2 is 2.44 bits per heavy atom. The summed E-state index contributed by atoms with van der Waals surface area (Å²) in [4.78, 5) is 15.9. The second kappa shape index (κ2) is 5.92. The maximum atomic E-state index is 11.8. The number of aromatic amines is 1. The molecule has 1 fully saturated rings. The summed E-state index contributed by atoms with van der Waals surface area (Å²) in [5.41, 5.74) is 0. The summed E-state index contributed by atoms with van der Waals surface area (Å²) >= 11 is 0. The molecule has 2 heterocycles. The van der Waals surface area contributed by atoms with Crippen molar-refractivity contribution in [3.05, 3.63) is 11.6 Å². The van der Waals surface area contributed by atoms with E-state index in [2.05, 4.69) is 25.8 Å². The second-order valence-corrected chi connectivity index (χ2v) is 4.63. The van der Waals surface area contributed by atoms with E-state index in [9.17, 15) is 4.79 Å². The minimum absolute atomic E-state index is 0.159. The van der Waals surface area contributed by atoms with Gasteiger partial charge in [0.25, 0.3) is 5.91 Å². The summed E-state index contributed by atoms with van der Waals surface area (Å²) in [5.74, 6) is 0.882. The van der Waals surface area contributed by atoms with Crippen molar-refractivity contribution < 1.29 is 9.53 Å². The Balaban J connectivity index is 1.83. The zero-order chi connectivity index (χ0) is 13.0.